The summed E-state index contributed by atoms with van der Waals surface area (Å²) >= 11 is 0. The molecule has 13 heavy (non-hydrogen) atoms. The van der Waals surface area contributed by atoms with Crippen molar-refractivity contribution in [3.05, 3.63) is 34.8 Å². The van der Waals surface area contributed by atoms with Gasteiger partial charge in [-0.15, -0.1) is 0 Å². The Balaban J connectivity index is 3.06. The molecule has 4 nitrogen and oxygen atoms in total. The van der Waals surface area contributed by atoms with E-state index >= 15 is 0 Å². The van der Waals surface area contributed by atoms with Crippen molar-refractivity contribution in [2.24, 2.45) is 0 Å². The third-order valence-electron chi connectivity index (χ3n) is 1.78. The summed E-state index contributed by atoms with van der Waals surface area (Å²) < 4.78 is 5.27. The van der Waals surface area contributed by atoms with E-state index in [0.29, 0.717) is 17.7 Å². The van der Waals surface area contributed by atoms with Crippen LogP contribution in [0.25, 0.3) is 0 Å². The quantitative estimate of drug-likeness (QED) is 0.383. The summed E-state index contributed by atoms with van der Waals surface area (Å²) in [5.74, 6) is -0.421. The maximum absolute atomic E-state index is 11.1. The summed E-state index contributed by atoms with van der Waals surface area (Å²) in [5.41, 5.74) is 0.967. The molecule has 0 fully saturated rings. The predicted octanol–water partition coefficient (Wildman–Crippen LogP) is 0.669. The van der Waals surface area contributed by atoms with E-state index in [1.165, 1.54) is 19.4 Å². The fourth-order valence-corrected chi connectivity index (χ4v) is 1.04. The van der Waals surface area contributed by atoms with E-state index in [-0.39, 0.29) is 0 Å². The Labute approximate surface area is 76.3 Å². The van der Waals surface area contributed by atoms with Gasteiger partial charge in [-0.05, 0) is 0 Å². The Morgan fingerprint density at radius 2 is 2.38 bits per heavy atom. The predicted molar refractivity (Wildman–Crippen MR) is 46.1 cm³/mol. The molecule has 1 aromatic heterocycles. The minimum absolute atomic E-state index is 0.409. The van der Waals surface area contributed by atoms with Crippen LogP contribution >= 0.6 is 0 Å². The highest BCUT2D eigenvalue weighted by atomic mass is 16.5. The van der Waals surface area contributed by atoms with Gasteiger partial charge < -0.3 is 9.94 Å². The van der Waals surface area contributed by atoms with E-state index in [4.69, 9.17) is 0 Å². The molecule has 0 radical (unpaired) electrons. The zero-order valence-electron chi connectivity index (χ0n) is 7.61. The van der Waals surface area contributed by atoms with E-state index in [1.807, 2.05) is 6.92 Å². The third-order valence-corrected chi connectivity index (χ3v) is 1.78. The first-order valence-corrected chi connectivity index (χ1v) is 3.99. The van der Waals surface area contributed by atoms with Gasteiger partial charge in [0.05, 0.1) is 12.7 Å². The number of rotatable bonds is 2. The molecule has 0 aromatic carbocycles. The molecule has 1 aromatic rings. The molecule has 1 heterocycles. The number of carbonyl (C=O) groups is 1. The molecule has 0 bridgehead atoms. The second kappa shape index (κ2) is 3.89. The fraction of sp³-hybridized carbons (Fsp3) is 0.333. The SMILES string of the molecule is CCc1cc(C(=O)OC)cc[n+]1[O-]. The zero-order chi connectivity index (χ0) is 9.84. The van der Waals surface area contributed by atoms with Gasteiger partial charge in [0.25, 0.3) is 0 Å². The second-order valence-electron chi connectivity index (χ2n) is 2.58. The molecule has 0 saturated carbocycles. The molecule has 0 aliphatic carbocycles. The Bertz CT molecular complexity index is 323. The van der Waals surface area contributed by atoms with Crippen LogP contribution in [0, 0.1) is 5.21 Å². The standard InChI is InChI=1S/C9H11NO3/c1-3-8-6-7(9(11)13-2)4-5-10(8)12/h4-6H,3H2,1-2H3. The van der Waals surface area contributed by atoms with E-state index in [2.05, 4.69) is 4.74 Å². The van der Waals surface area contributed by atoms with E-state index in [9.17, 15) is 10.0 Å². The van der Waals surface area contributed by atoms with Crippen LogP contribution in [0.1, 0.15) is 23.0 Å². The summed E-state index contributed by atoms with van der Waals surface area (Å²) in [4.78, 5) is 11.1. The van der Waals surface area contributed by atoms with Gasteiger partial charge in [0.1, 0.15) is 0 Å². The summed E-state index contributed by atoms with van der Waals surface area (Å²) in [6.45, 7) is 1.85. The van der Waals surface area contributed by atoms with E-state index < -0.39 is 5.97 Å². The molecule has 4 heteroatoms. The Kier molecular flexibility index (Phi) is 2.84. The first-order valence-electron chi connectivity index (χ1n) is 3.99. The van der Waals surface area contributed by atoms with Gasteiger partial charge in [-0.3, -0.25) is 0 Å². The number of esters is 1. The maximum atomic E-state index is 11.1. The van der Waals surface area contributed by atoms with E-state index in [0.717, 1.165) is 4.73 Å². The average molecular weight is 181 g/mol. The lowest BCUT2D eigenvalue weighted by molar-refractivity contribution is -0.613. The minimum atomic E-state index is -0.421. The average Bonchev–Trinajstić information content (AvgIpc) is 2.17. The molecule has 0 aliphatic rings. The number of pyridine rings is 1. The topological polar surface area (TPSA) is 53.2 Å². The van der Waals surface area contributed by atoms with Gasteiger partial charge in [0.15, 0.2) is 11.9 Å². The molecule has 70 valence electrons. The molecule has 0 unspecified atom stereocenters. The summed E-state index contributed by atoms with van der Waals surface area (Å²) in [5, 5.41) is 11.1. The van der Waals surface area contributed by atoms with Gasteiger partial charge in [-0.1, -0.05) is 6.92 Å². The van der Waals surface area contributed by atoms with Gasteiger partial charge in [0, 0.05) is 18.6 Å². The lowest BCUT2D eigenvalue weighted by Crippen LogP contribution is -2.31. The number of nitrogens with zero attached hydrogens (tertiary/aromatic N) is 1. The van der Waals surface area contributed by atoms with Crippen molar-refractivity contribution in [1.29, 1.82) is 0 Å². The first-order chi connectivity index (χ1) is 6.19. The first kappa shape index (κ1) is 9.51. The van der Waals surface area contributed by atoms with Crippen LogP contribution in [0.3, 0.4) is 0 Å². The van der Waals surface area contributed by atoms with Crippen LogP contribution in [0.4, 0.5) is 0 Å². The molecule has 0 N–H and O–H groups in total. The van der Waals surface area contributed by atoms with E-state index in [1.54, 1.807) is 6.07 Å². The van der Waals surface area contributed by atoms with Crippen LogP contribution in [-0.4, -0.2) is 13.1 Å². The molecular weight excluding hydrogens is 170 g/mol. The Hall–Kier alpha value is -1.58. The lowest BCUT2D eigenvalue weighted by atomic mass is 10.2. The van der Waals surface area contributed by atoms with Crippen LogP contribution in [-0.2, 0) is 11.2 Å². The lowest BCUT2D eigenvalue weighted by Gasteiger charge is -2.03. The van der Waals surface area contributed by atoms with Crippen molar-refractivity contribution in [2.45, 2.75) is 13.3 Å². The zero-order valence-corrected chi connectivity index (χ0v) is 7.61. The molecule has 0 spiro atoms. The van der Waals surface area contributed by atoms with Gasteiger partial charge in [0.2, 0.25) is 0 Å². The number of hydrogen-bond acceptors (Lipinski definition) is 3. The normalized spacial score (nSPS) is 9.69. The molecule has 0 saturated heterocycles. The summed E-state index contributed by atoms with van der Waals surface area (Å²) in [6.07, 6.45) is 1.90. The van der Waals surface area contributed by atoms with Crippen LogP contribution in [0.2, 0.25) is 0 Å². The van der Waals surface area contributed by atoms with Gasteiger partial charge >= 0.3 is 5.97 Å². The van der Waals surface area contributed by atoms with Crippen molar-refractivity contribution in [1.82, 2.24) is 0 Å². The fourth-order valence-electron chi connectivity index (χ4n) is 1.04. The number of aryl methyl sites for hydroxylation is 1. The Morgan fingerprint density at radius 3 is 2.92 bits per heavy atom. The molecule has 0 amide bonds. The van der Waals surface area contributed by atoms with Crippen molar-refractivity contribution in [3.63, 3.8) is 0 Å². The number of methoxy groups -OCH3 is 1. The Morgan fingerprint density at radius 1 is 1.69 bits per heavy atom. The number of carbonyl (C=O) groups excluding carboxylic acids is 1. The summed E-state index contributed by atoms with van der Waals surface area (Å²) in [7, 11) is 1.31. The highest BCUT2D eigenvalue weighted by Crippen LogP contribution is 2.02. The van der Waals surface area contributed by atoms with Crippen molar-refractivity contribution < 1.29 is 14.3 Å². The van der Waals surface area contributed by atoms with Crippen LogP contribution < -0.4 is 4.73 Å². The van der Waals surface area contributed by atoms with Crippen LogP contribution in [0.5, 0.6) is 0 Å². The highest BCUT2D eigenvalue weighted by molar-refractivity contribution is 5.89. The summed E-state index contributed by atoms with van der Waals surface area (Å²) in [6, 6.07) is 2.98. The number of hydrogen-bond donors (Lipinski definition) is 0. The molecule has 0 aliphatic heterocycles. The second-order valence-corrected chi connectivity index (χ2v) is 2.58. The van der Waals surface area contributed by atoms with Crippen molar-refractivity contribution in [2.75, 3.05) is 7.11 Å². The van der Waals surface area contributed by atoms with Gasteiger partial charge in [-0.25, -0.2) is 4.79 Å². The van der Waals surface area contributed by atoms with Gasteiger partial charge in [-0.2, -0.15) is 4.73 Å². The minimum Gasteiger partial charge on any atom is -0.619 e. The highest BCUT2D eigenvalue weighted by Gasteiger charge is 2.10. The third kappa shape index (κ3) is 1.96. The van der Waals surface area contributed by atoms with Crippen LogP contribution in [0.15, 0.2) is 18.3 Å². The van der Waals surface area contributed by atoms with Crippen molar-refractivity contribution >= 4 is 5.97 Å². The van der Waals surface area contributed by atoms with Crippen molar-refractivity contribution in [3.8, 4) is 0 Å². The largest absolute Gasteiger partial charge is 0.619 e. The number of aromatic nitrogens is 1. The maximum Gasteiger partial charge on any atom is 0.338 e. The monoisotopic (exact) mass is 181 g/mol. The molecule has 1 rings (SSSR count). The smallest absolute Gasteiger partial charge is 0.338 e. The molecular formula is C9H11NO3. The number of ether oxygens (including phenoxy) is 1. The molecule has 0 atom stereocenters.